The summed E-state index contributed by atoms with van der Waals surface area (Å²) in [7, 11) is 0. The lowest BCUT2D eigenvalue weighted by Gasteiger charge is -2.07. The van der Waals surface area contributed by atoms with Gasteiger partial charge in [-0.05, 0) is 18.5 Å². The topological polar surface area (TPSA) is 47.0 Å². The first-order valence-electron chi connectivity index (χ1n) is 4.69. The summed E-state index contributed by atoms with van der Waals surface area (Å²) in [5.41, 5.74) is 0.732. The minimum absolute atomic E-state index is 0.149. The lowest BCUT2D eigenvalue weighted by Crippen LogP contribution is -2.14. The van der Waals surface area contributed by atoms with Crippen molar-refractivity contribution in [2.75, 3.05) is 25.1 Å². The van der Waals surface area contributed by atoms with E-state index in [9.17, 15) is 8.78 Å². The highest BCUT2D eigenvalue weighted by Crippen LogP contribution is 2.09. The summed E-state index contributed by atoms with van der Waals surface area (Å²) < 4.78 is 28.1. The molecule has 90 valence electrons. The standard InChI is InChI=1S/C9H12ClF2N3O/c1-6-4-8(15-9(10)14-6)13-2-3-16-5-7(11)12/h4,7H,2-3,5H2,1H3,(H,13,14,15). The Kier molecular flexibility index (Phi) is 5.34. The van der Waals surface area contributed by atoms with Crippen LogP contribution >= 0.6 is 11.6 Å². The van der Waals surface area contributed by atoms with Crippen molar-refractivity contribution >= 4 is 17.4 Å². The largest absolute Gasteiger partial charge is 0.374 e. The summed E-state index contributed by atoms with van der Waals surface area (Å²) in [6.45, 7) is 1.81. The summed E-state index contributed by atoms with van der Waals surface area (Å²) in [5.74, 6) is 0.554. The minimum Gasteiger partial charge on any atom is -0.374 e. The molecule has 7 heteroatoms. The molecular weight excluding hydrogens is 240 g/mol. The maximum Gasteiger partial charge on any atom is 0.261 e. The number of aromatic nitrogens is 2. The van der Waals surface area contributed by atoms with Crippen molar-refractivity contribution in [1.82, 2.24) is 9.97 Å². The minimum atomic E-state index is -2.43. The number of aryl methyl sites for hydroxylation is 1. The van der Waals surface area contributed by atoms with E-state index in [4.69, 9.17) is 11.6 Å². The molecule has 0 amide bonds. The number of nitrogens with one attached hydrogen (secondary N) is 1. The first-order chi connectivity index (χ1) is 7.58. The van der Waals surface area contributed by atoms with Crippen molar-refractivity contribution in [3.05, 3.63) is 17.0 Å². The quantitative estimate of drug-likeness (QED) is 0.622. The number of anilines is 1. The smallest absolute Gasteiger partial charge is 0.261 e. The summed E-state index contributed by atoms with van der Waals surface area (Å²) in [6.07, 6.45) is -2.43. The van der Waals surface area contributed by atoms with Crippen molar-refractivity contribution in [2.24, 2.45) is 0 Å². The molecule has 0 atom stereocenters. The van der Waals surface area contributed by atoms with Crippen LogP contribution in [-0.4, -0.2) is 36.2 Å². The molecule has 0 aliphatic heterocycles. The van der Waals surface area contributed by atoms with Gasteiger partial charge in [0.2, 0.25) is 5.28 Å². The molecule has 1 aromatic heterocycles. The third-order valence-corrected chi connectivity index (χ3v) is 1.79. The van der Waals surface area contributed by atoms with Crippen molar-refractivity contribution in [1.29, 1.82) is 0 Å². The zero-order valence-electron chi connectivity index (χ0n) is 8.71. The zero-order chi connectivity index (χ0) is 12.0. The van der Waals surface area contributed by atoms with Gasteiger partial charge in [0.05, 0.1) is 6.61 Å². The Hall–Kier alpha value is -1.01. The molecule has 0 aliphatic rings. The van der Waals surface area contributed by atoms with Gasteiger partial charge in [-0.2, -0.15) is 0 Å². The highest BCUT2D eigenvalue weighted by atomic mass is 35.5. The Balaban J connectivity index is 2.26. The van der Waals surface area contributed by atoms with Crippen LogP contribution in [0.25, 0.3) is 0 Å². The highest BCUT2D eigenvalue weighted by molar-refractivity contribution is 6.28. The van der Waals surface area contributed by atoms with Gasteiger partial charge in [-0.15, -0.1) is 0 Å². The molecule has 0 saturated heterocycles. The molecular formula is C9H12ClF2N3O. The van der Waals surface area contributed by atoms with Gasteiger partial charge in [-0.3, -0.25) is 0 Å². The van der Waals surface area contributed by atoms with Crippen LogP contribution < -0.4 is 5.32 Å². The first kappa shape index (κ1) is 13.1. The van der Waals surface area contributed by atoms with Gasteiger partial charge in [0.25, 0.3) is 6.43 Å². The maximum absolute atomic E-state index is 11.7. The van der Waals surface area contributed by atoms with Crippen LogP contribution in [0, 0.1) is 6.92 Å². The maximum atomic E-state index is 11.7. The van der Waals surface area contributed by atoms with Crippen LogP contribution in [-0.2, 0) is 4.74 Å². The lowest BCUT2D eigenvalue weighted by atomic mass is 10.4. The van der Waals surface area contributed by atoms with Crippen LogP contribution in [0.5, 0.6) is 0 Å². The number of rotatable bonds is 6. The van der Waals surface area contributed by atoms with Crippen LogP contribution in [0.4, 0.5) is 14.6 Å². The van der Waals surface area contributed by atoms with Crippen LogP contribution in [0.2, 0.25) is 5.28 Å². The first-order valence-corrected chi connectivity index (χ1v) is 5.06. The molecule has 0 spiro atoms. The summed E-state index contributed by atoms with van der Waals surface area (Å²) >= 11 is 5.64. The second-order valence-electron chi connectivity index (χ2n) is 3.06. The fourth-order valence-corrected chi connectivity index (χ4v) is 1.27. The van der Waals surface area contributed by atoms with Gasteiger partial charge in [-0.1, -0.05) is 0 Å². The molecule has 1 aromatic rings. The second-order valence-corrected chi connectivity index (χ2v) is 3.39. The van der Waals surface area contributed by atoms with Crippen molar-refractivity contribution in [2.45, 2.75) is 13.3 Å². The third-order valence-electron chi connectivity index (χ3n) is 1.62. The summed E-state index contributed by atoms with van der Waals surface area (Å²) in [5, 5.41) is 3.04. The van der Waals surface area contributed by atoms with E-state index in [0.29, 0.717) is 12.4 Å². The molecule has 1 rings (SSSR count). The number of alkyl halides is 2. The summed E-state index contributed by atoms with van der Waals surface area (Å²) in [4.78, 5) is 7.79. The average molecular weight is 252 g/mol. The molecule has 0 bridgehead atoms. The normalized spacial score (nSPS) is 10.8. The number of nitrogens with zero attached hydrogens (tertiary/aromatic N) is 2. The molecule has 0 unspecified atom stereocenters. The predicted octanol–water partition coefficient (Wildman–Crippen LogP) is 2.13. The molecule has 1 heterocycles. The van der Waals surface area contributed by atoms with E-state index in [1.165, 1.54) is 0 Å². The van der Waals surface area contributed by atoms with E-state index in [-0.39, 0.29) is 11.9 Å². The van der Waals surface area contributed by atoms with Crippen LogP contribution in [0.15, 0.2) is 6.07 Å². The van der Waals surface area contributed by atoms with Gasteiger partial charge >= 0.3 is 0 Å². The van der Waals surface area contributed by atoms with E-state index < -0.39 is 13.0 Å². The number of hydrogen-bond acceptors (Lipinski definition) is 4. The highest BCUT2D eigenvalue weighted by Gasteiger charge is 2.02. The van der Waals surface area contributed by atoms with E-state index in [2.05, 4.69) is 20.0 Å². The molecule has 0 radical (unpaired) electrons. The third kappa shape index (κ3) is 5.18. The molecule has 0 aliphatic carbocycles. The van der Waals surface area contributed by atoms with Gasteiger partial charge in [0.15, 0.2) is 0 Å². The number of hydrogen-bond donors (Lipinski definition) is 1. The van der Waals surface area contributed by atoms with E-state index in [0.717, 1.165) is 5.69 Å². The molecule has 4 nitrogen and oxygen atoms in total. The molecule has 0 fully saturated rings. The Bertz CT molecular complexity index is 318. The fourth-order valence-electron chi connectivity index (χ4n) is 1.05. The zero-order valence-corrected chi connectivity index (χ0v) is 9.47. The van der Waals surface area contributed by atoms with E-state index in [1.807, 2.05) is 0 Å². The summed E-state index contributed by atoms with van der Waals surface area (Å²) in [6, 6.07) is 1.71. The fraction of sp³-hybridized carbons (Fsp3) is 0.556. The van der Waals surface area contributed by atoms with Gasteiger partial charge in [0, 0.05) is 18.3 Å². The second kappa shape index (κ2) is 6.55. The van der Waals surface area contributed by atoms with Gasteiger partial charge < -0.3 is 10.1 Å². The van der Waals surface area contributed by atoms with Crippen LogP contribution in [0.3, 0.4) is 0 Å². The number of halogens is 3. The monoisotopic (exact) mass is 251 g/mol. The van der Waals surface area contributed by atoms with Crippen molar-refractivity contribution < 1.29 is 13.5 Å². The Morgan fingerprint density at radius 3 is 2.88 bits per heavy atom. The molecule has 0 aromatic carbocycles. The van der Waals surface area contributed by atoms with Crippen molar-refractivity contribution in [3.8, 4) is 0 Å². The molecule has 0 saturated carbocycles. The van der Waals surface area contributed by atoms with Gasteiger partial charge in [0.1, 0.15) is 12.4 Å². The van der Waals surface area contributed by atoms with E-state index in [1.54, 1.807) is 13.0 Å². The molecule has 16 heavy (non-hydrogen) atoms. The Morgan fingerprint density at radius 1 is 1.50 bits per heavy atom. The Labute approximate surface area is 97.0 Å². The van der Waals surface area contributed by atoms with Gasteiger partial charge in [-0.25, -0.2) is 18.7 Å². The van der Waals surface area contributed by atoms with Crippen LogP contribution in [0.1, 0.15) is 5.69 Å². The number of ether oxygens (including phenoxy) is 1. The Morgan fingerprint density at radius 2 is 2.25 bits per heavy atom. The predicted molar refractivity (Wildman–Crippen MR) is 57.1 cm³/mol. The van der Waals surface area contributed by atoms with E-state index >= 15 is 0 Å². The molecule has 1 N–H and O–H groups in total. The SMILES string of the molecule is Cc1cc(NCCOCC(F)F)nc(Cl)n1. The van der Waals surface area contributed by atoms with Crippen molar-refractivity contribution in [3.63, 3.8) is 0 Å². The average Bonchev–Trinajstić information content (AvgIpc) is 2.15. The lowest BCUT2D eigenvalue weighted by molar-refractivity contribution is 0.0215.